The Morgan fingerprint density at radius 3 is 2.61 bits per heavy atom. The van der Waals surface area contributed by atoms with Gasteiger partial charge in [0, 0.05) is 18.0 Å². The molecule has 1 N–H and O–H groups in total. The zero-order valence-electron chi connectivity index (χ0n) is 16.3. The first-order valence-electron chi connectivity index (χ1n) is 9.69. The summed E-state index contributed by atoms with van der Waals surface area (Å²) in [6.07, 6.45) is 3.00. The van der Waals surface area contributed by atoms with Crippen LogP contribution in [0.25, 0.3) is 5.57 Å². The number of carbonyl (C=O) groups excluding carboxylic acids is 2. The van der Waals surface area contributed by atoms with E-state index in [9.17, 15) is 9.59 Å². The maximum atomic E-state index is 12.7. The van der Waals surface area contributed by atoms with Gasteiger partial charge in [-0.05, 0) is 35.5 Å². The molecule has 0 atom stereocenters. The number of hydrogen-bond donors (Lipinski definition) is 1. The van der Waals surface area contributed by atoms with E-state index in [0.717, 1.165) is 17.8 Å². The molecule has 0 bridgehead atoms. The summed E-state index contributed by atoms with van der Waals surface area (Å²) < 4.78 is 0. The van der Waals surface area contributed by atoms with Crippen molar-refractivity contribution in [2.75, 3.05) is 32.7 Å². The maximum absolute atomic E-state index is 12.7. The molecule has 28 heavy (non-hydrogen) atoms. The van der Waals surface area contributed by atoms with Crippen LogP contribution in [0, 0.1) is 0 Å². The van der Waals surface area contributed by atoms with E-state index in [0.29, 0.717) is 19.6 Å². The molecule has 6 heteroatoms. The predicted octanol–water partition coefficient (Wildman–Crippen LogP) is 3.00. The highest BCUT2D eigenvalue weighted by atomic mass is 32.1. The lowest BCUT2D eigenvalue weighted by molar-refractivity contribution is -0.132. The average molecular weight is 398 g/mol. The molecule has 1 aliphatic rings. The minimum atomic E-state index is -0.0482. The molecule has 1 aromatic carbocycles. The minimum Gasteiger partial charge on any atom is -0.350 e. The molecule has 0 radical (unpaired) electrons. The van der Waals surface area contributed by atoms with Crippen LogP contribution in [0.5, 0.6) is 0 Å². The highest BCUT2D eigenvalue weighted by Gasteiger charge is 2.20. The van der Waals surface area contributed by atoms with Crippen LogP contribution in [-0.4, -0.2) is 54.3 Å². The number of hydrogen-bond acceptors (Lipinski definition) is 4. The zero-order chi connectivity index (χ0) is 19.8. The van der Waals surface area contributed by atoms with Crippen LogP contribution in [0.15, 0.2) is 53.9 Å². The second-order valence-electron chi connectivity index (χ2n) is 6.84. The number of likely N-dealkylation sites (N-methyl/N-ethyl adjacent to an activating group) is 1. The van der Waals surface area contributed by atoms with Crippen molar-refractivity contribution in [3.63, 3.8) is 0 Å². The Bertz CT molecular complexity index is 802. The van der Waals surface area contributed by atoms with Gasteiger partial charge in [0.15, 0.2) is 0 Å². The fourth-order valence-corrected chi connectivity index (χ4v) is 3.88. The van der Waals surface area contributed by atoms with Gasteiger partial charge in [-0.25, -0.2) is 0 Å². The zero-order valence-corrected chi connectivity index (χ0v) is 17.1. The largest absolute Gasteiger partial charge is 0.350 e. The summed E-state index contributed by atoms with van der Waals surface area (Å²) >= 11 is 1.62. The van der Waals surface area contributed by atoms with Gasteiger partial charge in [0.05, 0.1) is 19.6 Å². The molecule has 0 unspecified atom stereocenters. The third kappa shape index (κ3) is 5.78. The van der Waals surface area contributed by atoms with Crippen LogP contribution in [0.4, 0.5) is 0 Å². The second kappa shape index (κ2) is 10.2. The number of thiophene rings is 1. The van der Waals surface area contributed by atoms with Crippen molar-refractivity contribution < 1.29 is 9.59 Å². The van der Waals surface area contributed by atoms with E-state index in [2.05, 4.69) is 23.5 Å². The molecule has 5 nitrogen and oxygen atoms in total. The van der Waals surface area contributed by atoms with Crippen LogP contribution in [0.3, 0.4) is 0 Å². The van der Waals surface area contributed by atoms with Gasteiger partial charge in [0.2, 0.25) is 11.8 Å². The van der Waals surface area contributed by atoms with E-state index in [1.54, 1.807) is 11.3 Å². The first-order valence-corrected chi connectivity index (χ1v) is 10.6. The van der Waals surface area contributed by atoms with Crippen molar-refractivity contribution in [1.82, 2.24) is 15.1 Å². The number of amides is 2. The van der Waals surface area contributed by atoms with E-state index in [-0.39, 0.29) is 24.9 Å². The van der Waals surface area contributed by atoms with Crippen LogP contribution in [-0.2, 0) is 16.1 Å². The molecule has 0 saturated heterocycles. The molecule has 2 heterocycles. The second-order valence-corrected chi connectivity index (χ2v) is 7.88. The standard InChI is InChI=1S/C22H27N3O2S/c1-2-24(16-21(26)23-15-20-9-6-14-28-20)17-22(27)25-12-10-19(11-13-25)18-7-4-3-5-8-18/h3-10,14H,2,11-13,15-17H2,1H3,(H,23,26). The van der Waals surface area contributed by atoms with Gasteiger partial charge in [-0.2, -0.15) is 0 Å². The maximum Gasteiger partial charge on any atom is 0.237 e. The van der Waals surface area contributed by atoms with Crippen molar-refractivity contribution in [2.45, 2.75) is 19.9 Å². The van der Waals surface area contributed by atoms with Crippen LogP contribution < -0.4 is 5.32 Å². The van der Waals surface area contributed by atoms with Crippen LogP contribution in [0.1, 0.15) is 23.8 Å². The molecule has 0 spiro atoms. The molecule has 2 aromatic rings. The van der Waals surface area contributed by atoms with Gasteiger partial charge < -0.3 is 10.2 Å². The SMILES string of the molecule is CCN(CC(=O)NCc1cccs1)CC(=O)N1CC=C(c2ccccc2)CC1. The number of benzene rings is 1. The Hall–Kier alpha value is -2.44. The lowest BCUT2D eigenvalue weighted by Crippen LogP contribution is -2.45. The van der Waals surface area contributed by atoms with E-state index >= 15 is 0 Å². The number of rotatable bonds is 8. The topological polar surface area (TPSA) is 52.7 Å². The van der Waals surface area contributed by atoms with Gasteiger partial charge in [-0.15, -0.1) is 11.3 Å². The summed E-state index contributed by atoms with van der Waals surface area (Å²) in [6.45, 7) is 5.05. The van der Waals surface area contributed by atoms with Crippen molar-refractivity contribution in [3.8, 4) is 0 Å². The quantitative estimate of drug-likeness (QED) is 0.745. The molecular formula is C22H27N3O2S. The van der Waals surface area contributed by atoms with Gasteiger partial charge in [-0.1, -0.05) is 49.4 Å². The normalized spacial score (nSPS) is 14.1. The van der Waals surface area contributed by atoms with Crippen LogP contribution in [0.2, 0.25) is 0 Å². The first kappa shape index (κ1) is 20.3. The first-order chi connectivity index (χ1) is 13.7. The van der Waals surface area contributed by atoms with Crippen molar-refractivity contribution in [1.29, 1.82) is 0 Å². The predicted molar refractivity (Wildman–Crippen MR) is 114 cm³/mol. The summed E-state index contributed by atoms with van der Waals surface area (Å²) in [5, 5.41) is 4.92. The Balaban J connectivity index is 1.46. The van der Waals surface area contributed by atoms with Crippen LogP contribution >= 0.6 is 11.3 Å². The molecule has 0 fully saturated rings. The number of carbonyl (C=O) groups is 2. The summed E-state index contributed by atoms with van der Waals surface area (Å²) in [4.78, 5) is 29.7. The average Bonchev–Trinajstić information content (AvgIpc) is 3.26. The van der Waals surface area contributed by atoms with Gasteiger partial charge in [0.1, 0.15) is 0 Å². The lowest BCUT2D eigenvalue weighted by Gasteiger charge is -2.29. The fraction of sp³-hybridized carbons (Fsp3) is 0.364. The van der Waals surface area contributed by atoms with Crippen molar-refractivity contribution in [3.05, 3.63) is 64.4 Å². The monoisotopic (exact) mass is 397 g/mol. The highest BCUT2D eigenvalue weighted by molar-refractivity contribution is 7.09. The molecule has 1 aromatic heterocycles. The van der Waals surface area contributed by atoms with E-state index < -0.39 is 0 Å². The van der Waals surface area contributed by atoms with Crippen molar-refractivity contribution >= 4 is 28.7 Å². The van der Waals surface area contributed by atoms with E-state index in [1.807, 2.05) is 52.4 Å². The third-order valence-corrected chi connectivity index (χ3v) is 5.80. The molecule has 2 amide bonds. The summed E-state index contributed by atoms with van der Waals surface area (Å²) in [5.74, 6) is 0.0317. The summed E-state index contributed by atoms with van der Waals surface area (Å²) in [7, 11) is 0. The van der Waals surface area contributed by atoms with Gasteiger partial charge >= 0.3 is 0 Å². The lowest BCUT2D eigenvalue weighted by atomic mass is 9.99. The smallest absolute Gasteiger partial charge is 0.237 e. The molecule has 3 rings (SSSR count). The molecule has 148 valence electrons. The third-order valence-electron chi connectivity index (χ3n) is 4.92. The van der Waals surface area contributed by atoms with E-state index in [4.69, 9.17) is 0 Å². The van der Waals surface area contributed by atoms with Crippen molar-refractivity contribution in [2.24, 2.45) is 0 Å². The summed E-state index contributed by atoms with van der Waals surface area (Å²) in [5.41, 5.74) is 2.53. The molecule has 0 saturated carbocycles. The summed E-state index contributed by atoms with van der Waals surface area (Å²) in [6, 6.07) is 14.3. The Labute approximate surface area is 170 Å². The highest BCUT2D eigenvalue weighted by Crippen LogP contribution is 2.22. The fourth-order valence-electron chi connectivity index (χ4n) is 3.24. The van der Waals surface area contributed by atoms with E-state index in [1.165, 1.54) is 11.1 Å². The molecular weight excluding hydrogens is 370 g/mol. The van der Waals surface area contributed by atoms with Gasteiger partial charge in [-0.3, -0.25) is 14.5 Å². The Morgan fingerprint density at radius 2 is 1.96 bits per heavy atom. The molecule has 0 aliphatic carbocycles. The number of nitrogens with one attached hydrogen (secondary N) is 1. The van der Waals surface area contributed by atoms with Gasteiger partial charge in [0.25, 0.3) is 0 Å². The molecule has 1 aliphatic heterocycles. The minimum absolute atomic E-state index is 0.0482. The Kier molecular flexibility index (Phi) is 7.39. The Morgan fingerprint density at radius 1 is 1.14 bits per heavy atom. The number of nitrogens with zero attached hydrogens (tertiary/aromatic N) is 2.